The second kappa shape index (κ2) is 6.15. The average Bonchev–Trinajstić information content (AvgIpc) is 3.08. The minimum Gasteiger partial charge on any atom is -0.353 e. The molecule has 0 atom stereocenters. The van der Waals surface area contributed by atoms with Crippen LogP contribution >= 0.6 is 11.3 Å². The maximum Gasteiger partial charge on any atom is 0.433 e. The van der Waals surface area contributed by atoms with Crippen LogP contribution in [0, 0.1) is 0 Å². The number of carbonyl (C=O) groups excluding carboxylic acids is 1. The molecule has 0 spiro atoms. The number of rotatable bonds is 2. The summed E-state index contributed by atoms with van der Waals surface area (Å²) in [5.41, 5.74) is -0.959. The standard InChI is InChI=1S/C14H13F3N4OS/c15-14(16,17)11-8-12(19-9-18-11)20-3-5-21(6-4-20)13(22)10-2-1-7-23-10/h1-2,7-9H,3-6H2. The molecule has 2 aromatic rings. The lowest BCUT2D eigenvalue weighted by Crippen LogP contribution is -2.49. The third-order valence-corrected chi connectivity index (χ3v) is 4.42. The van der Waals surface area contributed by atoms with Gasteiger partial charge in [0.15, 0.2) is 0 Å². The molecule has 3 heterocycles. The van der Waals surface area contributed by atoms with Crippen molar-refractivity contribution in [1.29, 1.82) is 0 Å². The highest BCUT2D eigenvalue weighted by Crippen LogP contribution is 2.29. The predicted octanol–water partition coefficient (Wildman–Crippen LogP) is 2.52. The highest BCUT2D eigenvalue weighted by molar-refractivity contribution is 7.12. The monoisotopic (exact) mass is 342 g/mol. The summed E-state index contributed by atoms with van der Waals surface area (Å²) in [6, 6.07) is 4.52. The van der Waals surface area contributed by atoms with Crippen LogP contribution in [-0.4, -0.2) is 47.0 Å². The van der Waals surface area contributed by atoms with Gasteiger partial charge in [-0.1, -0.05) is 6.07 Å². The van der Waals surface area contributed by atoms with E-state index < -0.39 is 11.9 Å². The number of hydrogen-bond donors (Lipinski definition) is 0. The summed E-state index contributed by atoms with van der Waals surface area (Å²) in [5, 5.41) is 1.84. The minimum atomic E-state index is -4.49. The Labute approximate surface area is 134 Å². The molecule has 0 aliphatic carbocycles. The molecule has 0 radical (unpaired) electrons. The van der Waals surface area contributed by atoms with E-state index in [4.69, 9.17) is 0 Å². The van der Waals surface area contributed by atoms with Crippen molar-refractivity contribution in [2.24, 2.45) is 0 Å². The van der Waals surface area contributed by atoms with E-state index in [0.29, 0.717) is 31.1 Å². The van der Waals surface area contributed by atoms with Crippen LogP contribution in [0.25, 0.3) is 0 Å². The topological polar surface area (TPSA) is 49.3 Å². The van der Waals surface area contributed by atoms with Gasteiger partial charge in [0.2, 0.25) is 0 Å². The SMILES string of the molecule is O=C(c1cccs1)N1CCN(c2cc(C(F)(F)F)ncn2)CC1. The Morgan fingerprint density at radius 2 is 1.91 bits per heavy atom. The number of thiophene rings is 1. The Bertz CT molecular complexity index is 682. The molecular formula is C14H13F3N4OS. The van der Waals surface area contributed by atoms with Crippen LogP contribution in [0.15, 0.2) is 29.9 Å². The fourth-order valence-electron chi connectivity index (χ4n) is 2.37. The molecule has 0 bridgehead atoms. The summed E-state index contributed by atoms with van der Waals surface area (Å²) in [7, 11) is 0. The van der Waals surface area contributed by atoms with Gasteiger partial charge in [0.1, 0.15) is 17.8 Å². The lowest BCUT2D eigenvalue weighted by molar-refractivity contribution is -0.141. The lowest BCUT2D eigenvalue weighted by Gasteiger charge is -2.35. The largest absolute Gasteiger partial charge is 0.433 e. The number of aromatic nitrogens is 2. The third kappa shape index (κ3) is 3.44. The van der Waals surface area contributed by atoms with Gasteiger partial charge in [-0.05, 0) is 11.4 Å². The van der Waals surface area contributed by atoms with E-state index in [0.717, 1.165) is 12.4 Å². The van der Waals surface area contributed by atoms with Crippen molar-refractivity contribution in [2.75, 3.05) is 31.1 Å². The van der Waals surface area contributed by atoms with Crippen molar-refractivity contribution < 1.29 is 18.0 Å². The smallest absolute Gasteiger partial charge is 0.353 e. The number of halogens is 3. The number of anilines is 1. The fourth-order valence-corrected chi connectivity index (χ4v) is 3.06. The van der Waals surface area contributed by atoms with E-state index in [2.05, 4.69) is 9.97 Å². The van der Waals surface area contributed by atoms with Crippen molar-refractivity contribution in [1.82, 2.24) is 14.9 Å². The average molecular weight is 342 g/mol. The molecule has 1 amide bonds. The molecule has 1 saturated heterocycles. The Hall–Kier alpha value is -2.16. The summed E-state index contributed by atoms with van der Waals surface area (Å²) >= 11 is 1.38. The van der Waals surface area contributed by atoms with Crippen LogP contribution in [0.4, 0.5) is 19.0 Å². The Balaban J connectivity index is 1.66. The molecule has 0 saturated carbocycles. The van der Waals surface area contributed by atoms with Crippen LogP contribution < -0.4 is 4.90 Å². The van der Waals surface area contributed by atoms with E-state index in [9.17, 15) is 18.0 Å². The molecule has 5 nitrogen and oxygen atoms in total. The molecular weight excluding hydrogens is 329 g/mol. The first-order valence-electron chi connectivity index (χ1n) is 6.92. The summed E-state index contributed by atoms with van der Waals surface area (Å²) in [6.07, 6.45) is -3.57. The van der Waals surface area contributed by atoms with Crippen molar-refractivity contribution in [3.8, 4) is 0 Å². The Morgan fingerprint density at radius 1 is 1.17 bits per heavy atom. The Morgan fingerprint density at radius 3 is 2.52 bits per heavy atom. The summed E-state index contributed by atoms with van der Waals surface area (Å²) in [4.78, 5) is 23.5. The molecule has 0 unspecified atom stereocenters. The van der Waals surface area contributed by atoms with Gasteiger partial charge in [-0.15, -0.1) is 11.3 Å². The van der Waals surface area contributed by atoms with Gasteiger partial charge in [-0.2, -0.15) is 13.2 Å². The molecule has 2 aromatic heterocycles. The number of nitrogens with zero attached hydrogens (tertiary/aromatic N) is 4. The first-order chi connectivity index (χ1) is 10.9. The highest BCUT2D eigenvalue weighted by atomic mass is 32.1. The van der Waals surface area contributed by atoms with Crippen LogP contribution in [-0.2, 0) is 6.18 Å². The molecule has 0 aromatic carbocycles. The van der Waals surface area contributed by atoms with Crippen molar-refractivity contribution in [3.05, 3.63) is 40.5 Å². The number of alkyl halides is 3. The van der Waals surface area contributed by atoms with E-state index in [1.807, 2.05) is 11.4 Å². The number of amides is 1. The zero-order chi connectivity index (χ0) is 16.4. The van der Waals surface area contributed by atoms with Crippen molar-refractivity contribution >= 4 is 23.1 Å². The van der Waals surface area contributed by atoms with E-state index in [1.165, 1.54) is 11.3 Å². The first-order valence-corrected chi connectivity index (χ1v) is 7.80. The zero-order valence-electron chi connectivity index (χ0n) is 12.0. The van der Waals surface area contributed by atoms with Gasteiger partial charge in [-0.25, -0.2) is 9.97 Å². The molecule has 1 fully saturated rings. The maximum atomic E-state index is 12.7. The van der Waals surface area contributed by atoms with Gasteiger partial charge < -0.3 is 9.80 Å². The van der Waals surface area contributed by atoms with Gasteiger partial charge in [-0.3, -0.25) is 4.79 Å². The van der Waals surface area contributed by atoms with E-state index in [-0.39, 0.29) is 11.7 Å². The minimum absolute atomic E-state index is 0.0432. The van der Waals surface area contributed by atoms with Crippen LogP contribution in [0.5, 0.6) is 0 Å². The second-order valence-electron chi connectivity index (χ2n) is 5.02. The normalized spacial score (nSPS) is 15.8. The predicted molar refractivity (Wildman–Crippen MR) is 79.5 cm³/mol. The lowest BCUT2D eigenvalue weighted by atomic mass is 10.2. The molecule has 122 valence electrons. The van der Waals surface area contributed by atoms with Crippen LogP contribution in [0.2, 0.25) is 0 Å². The Kier molecular flexibility index (Phi) is 4.20. The number of carbonyl (C=O) groups is 1. The summed E-state index contributed by atoms with van der Waals surface area (Å²) < 4.78 is 38.1. The third-order valence-electron chi connectivity index (χ3n) is 3.57. The second-order valence-corrected chi connectivity index (χ2v) is 5.96. The quantitative estimate of drug-likeness (QED) is 0.841. The van der Waals surface area contributed by atoms with E-state index >= 15 is 0 Å². The maximum absolute atomic E-state index is 12.7. The van der Waals surface area contributed by atoms with Gasteiger partial charge >= 0.3 is 6.18 Å². The van der Waals surface area contributed by atoms with Gasteiger partial charge in [0.25, 0.3) is 5.91 Å². The summed E-state index contributed by atoms with van der Waals surface area (Å²) in [6.45, 7) is 1.76. The molecule has 3 rings (SSSR count). The zero-order valence-corrected chi connectivity index (χ0v) is 12.8. The fraction of sp³-hybridized carbons (Fsp3) is 0.357. The molecule has 23 heavy (non-hydrogen) atoms. The van der Waals surface area contributed by atoms with Crippen molar-refractivity contribution in [2.45, 2.75) is 6.18 Å². The summed E-state index contributed by atoms with van der Waals surface area (Å²) in [5.74, 6) is 0.189. The van der Waals surface area contributed by atoms with E-state index in [1.54, 1.807) is 15.9 Å². The molecule has 1 aliphatic heterocycles. The first kappa shape index (κ1) is 15.7. The highest BCUT2D eigenvalue weighted by Gasteiger charge is 2.33. The number of hydrogen-bond acceptors (Lipinski definition) is 5. The number of piperazine rings is 1. The molecule has 9 heteroatoms. The van der Waals surface area contributed by atoms with Gasteiger partial charge in [0.05, 0.1) is 4.88 Å². The van der Waals surface area contributed by atoms with Crippen LogP contribution in [0.1, 0.15) is 15.4 Å². The molecule has 1 aliphatic rings. The molecule has 0 N–H and O–H groups in total. The van der Waals surface area contributed by atoms with Crippen molar-refractivity contribution in [3.63, 3.8) is 0 Å². The van der Waals surface area contributed by atoms with Crippen LogP contribution in [0.3, 0.4) is 0 Å². The van der Waals surface area contributed by atoms with Gasteiger partial charge in [0, 0.05) is 32.2 Å².